The number of Topliss-reactive ketones (excluding diaryl/α,β-unsaturated/α-hetero) is 2. The summed E-state index contributed by atoms with van der Waals surface area (Å²) in [6.07, 6.45) is 40.3. The second-order valence-corrected chi connectivity index (χ2v) is 38.0. The molecule has 9 aromatic rings. The molecule has 0 fully saturated rings. The number of unbranched alkanes of at least 4 members (excludes halogenated alkanes) is 14. The average Bonchev–Trinajstić information content (AvgIpc) is 1.50. The average molecular weight is 1700 g/mol. The molecule has 7 aromatic carbocycles. The van der Waals surface area contributed by atoms with Crippen molar-refractivity contribution in [2.45, 2.75) is 259 Å². The SMILES string of the molecule is [C-]#[N+]C(C#N)=C1/C(=C/C2=CC(OCC(CC)CCCC)=C(c3cc4c(s3)-c3cc5c(cc3C4(c3ccc(CCCCCC)cc3)c3ccc(CCCCCC)cc3)-c3sc(C4=C(OCC(CC)CCCC)C=C(/C=C6\C(=O)c7ccccc7\C6=C(\C#N)[N+]#[C-])C4)cc3C5(c3ccc(CCCCCC)cc3)c3ccc(CCCCCC)cc3)C2)C(=O)c2ccccc21. The Morgan fingerprint density at radius 1 is 0.405 bits per heavy atom. The van der Waals surface area contributed by atoms with Crippen LogP contribution in [0.4, 0.5) is 0 Å². The number of hydrogen-bond acceptors (Lipinski definition) is 8. The highest BCUT2D eigenvalue weighted by Crippen LogP contribution is 2.67. The molecule has 0 amide bonds. The number of allylic oxidation sites excluding steroid dienone is 14. The Labute approximate surface area is 758 Å². The Morgan fingerprint density at radius 3 is 1.02 bits per heavy atom. The van der Waals surface area contributed by atoms with Crippen molar-refractivity contribution in [2.24, 2.45) is 11.8 Å². The van der Waals surface area contributed by atoms with E-state index in [9.17, 15) is 20.1 Å². The van der Waals surface area contributed by atoms with Gasteiger partial charge in [0.2, 0.25) is 0 Å². The van der Waals surface area contributed by atoms with E-state index in [0.29, 0.717) is 82.4 Å². The Kier molecular flexibility index (Phi) is 29.5. The monoisotopic (exact) mass is 1700 g/mol. The maximum absolute atomic E-state index is 14.9. The molecule has 0 aliphatic heterocycles. The lowest BCUT2D eigenvalue weighted by Crippen LogP contribution is -2.30. The van der Waals surface area contributed by atoms with Gasteiger partial charge in [-0.2, -0.15) is 0 Å². The van der Waals surface area contributed by atoms with Crippen LogP contribution in [0.3, 0.4) is 0 Å². The largest absolute Gasteiger partial charge is 0.493 e. The van der Waals surface area contributed by atoms with Crippen LogP contribution in [0, 0.1) is 47.6 Å². The van der Waals surface area contributed by atoms with Crippen LogP contribution in [-0.2, 0) is 46.0 Å². The number of fused-ring (bicyclic) bond motifs is 8. The van der Waals surface area contributed by atoms with Crippen molar-refractivity contribution in [2.75, 3.05) is 13.2 Å². The molecule has 10 heteroatoms. The summed E-state index contributed by atoms with van der Waals surface area (Å²) in [7, 11) is 0. The molecular weight excluding hydrogens is 1580 g/mol. The molecule has 2 atom stereocenters. The number of ketones is 2. The number of carbonyl (C=O) groups is 2. The highest BCUT2D eigenvalue weighted by molar-refractivity contribution is 7.17. The second kappa shape index (κ2) is 41.5. The number of ether oxygens (including phenoxy) is 2. The van der Waals surface area contributed by atoms with Crippen LogP contribution >= 0.6 is 22.7 Å². The van der Waals surface area contributed by atoms with Gasteiger partial charge in [-0.3, -0.25) is 9.59 Å². The van der Waals surface area contributed by atoms with E-state index in [4.69, 9.17) is 22.6 Å². The molecule has 2 heterocycles. The smallest absolute Gasteiger partial charge is 0.270 e. The first kappa shape index (κ1) is 89.6. The van der Waals surface area contributed by atoms with Crippen LogP contribution in [0.2, 0.25) is 0 Å². The zero-order valence-corrected chi connectivity index (χ0v) is 77.1. The van der Waals surface area contributed by atoms with Crippen LogP contribution in [0.1, 0.15) is 331 Å². The van der Waals surface area contributed by atoms with Crippen LogP contribution < -0.4 is 0 Å². The molecule has 2 unspecified atom stereocenters. The predicted octanol–water partition coefficient (Wildman–Crippen LogP) is 31.5. The van der Waals surface area contributed by atoms with Crippen molar-refractivity contribution >= 4 is 56.5 Å². The summed E-state index contributed by atoms with van der Waals surface area (Å²) in [4.78, 5) is 41.8. The quantitative estimate of drug-likeness (QED) is 0.0163. The minimum atomic E-state index is -0.862. The first-order valence-corrected chi connectivity index (χ1v) is 49.2. The molecule has 0 spiro atoms. The summed E-state index contributed by atoms with van der Waals surface area (Å²) < 4.78 is 14.7. The number of nitriles is 2. The zero-order chi connectivity index (χ0) is 87.9. The number of rotatable bonds is 42. The lowest BCUT2D eigenvalue weighted by Gasteiger charge is -2.36. The number of thiophene rings is 2. The van der Waals surface area contributed by atoms with Crippen molar-refractivity contribution < 1.29 is 19.1 Å². The van der Waals surface area contributed by atoms with Gasteiger partial charge in [-0.1, -0.05) is 317 Å². The number of hydrogen-bond donors (Lipinski definition) is 0. The summed E-state index contributed by atoms with van der Waals surface area (Å²) in [5.74, 6) is 1.85. The number of benzene rings is 7. The highest BCUT2D eigenvalue weighted by Gasteiger charge is 2.54. The molecule has 0 radical (unpaired) electrons. The van der Waals surface area contributed by atoms with Gasteiger partial charge in [-0.15, -0.1) is 22.7 Å². The van der Waals surface area contributed by atoms with E-state index >= 15 is 0 Å². The third kappa shape index (κ3) is 17.9. The molecule has 6 aliphatic rings. The Morgan fingerprint density at radius 2 is 0.722 bits per heavy atom. The van der Waals surface area contributed by atoms with Crippen LogP contribution in [0.15, 0.2) is 239 Å². The van der Waals surface area contributed by atoms with Crippen molar-refractivity contribution in [1.82, 2.24) is 0 Å². The zero-order valence-electron chi connectivity index (χ0n) is 75.5. The first-order valence-electron chi connectivity index (χ1n) is 47.5. The fourth-order valence-corrected chi connectivity index (χ4v) is 23.1. The van der Waals surface area contributed by atoms with E-state index < -0.39 is 10.8 Å². The Balaban J connectivity index is 0.996. The van der Waals surface area contributed by atoms with Gasteiger partial charge in [0.05, 0.1) is 49.3 Å². The van der Waals surface area contributed by atoms with Gasteiger partial charge in [0.15, 0.2) is 11.6 Å². The number of aryl methyl sites for hydroxylation is 4. The fraction of sp³-hybridized carbons (Fsp3) is 0.379. The molecular formula is C116H122N4O4S2. The standard InChI is InChI=1S/C116H122N4O4S2/c1-11-19-25-29-39-79-47-55-85(56-48-79)115(86-57-49-80(50-58-86)40-30-26-20-12-2)99-69-94-100(70-93(99)113-101(115)71-107(125-113)95-63-83(67-105(95)123-75-77(17-7)37-23-15-5)65-97-109(103(73-117)119-9)89-43-33-35-45-91(89)111(97)121)116(87-59-51-81(52-60-87)41-31-27-21-13-3,88-61-53-82(54-62-88)42-32-28-22-14-4)102-72-108(126-114(94)102)96-64-84(68-106(96)124-76-78(18-8)38-24-16-6)66-98-110(104(74-118)120-10)90-44-34-36-46-92(90)112(98)122/h33-36,43-62,65-72,77-78H,11-32,37-42,63-64,75-76H2,1-8H3/b97-65-,98-66-,109-103+,110-104?. The Hall–Kier alpha value is -11.2. The maximum Gasteiger partial charge on any atom is 0.270 e. The van der Waals surface area contributed by atoms with Crippen molar-refractivity contribution in [3.8, 4) is 33.0 Å². The number of nitrogens with zero attached hydrogens (tertiary/aromatic N) is 4. The molecule has 6 aliphatic carbocycles. The van der Waals surface area contributed by atoms with E-state index in [-0.39, 0.29) is 23.0 Å². The maximum atomic E-state index is 14.9. The Bertz CT molecular complexity index is 5480. The third-order valence-electron chi connectivity index (χ3n) is 27.6. The van der Waals surface area contributed by atoms with E-state index in [0.717, 1.165) is 146 Å². The van der Waals surface area contributed by atoms with E-state index in [1.807, 2.05) is 71.2 Å². The van der Waals surface area contributed by atoms with Gasteiger partial charge >= 0.3 is 0 Å². The van der Waals surface area contributed by atoms with Gasteiger partial charge in [0.25, 0.3) is 11.4 Å². The molecule has 642 valence electrons. The van der Waals surface area contributed by atoms with Gasteiger partial charge in [0.1, 0.15) is 11.5 Å². The third-order valence-corrected chi connectivity index (χ3v) is 30.1. The minimum absolute atomic E-state index is 0.100. The predicted molar refractivity (Wildman–Crippen MR) is 522 cm³/mol. The summed E-state index contributed by atoms with van der Waals surface area (Å²) in [6.45, 7) is 35.8. The molecule has 0 saturated heterocycles. The highest BCUT2D eigenvalue weighted by atomic mass is 32.1. The molecule has 2 aromatic heterocycles. The summed E-state index contributed by atoms with van der Waals surface area (Å²) in [5, 5.41) is 21.2. The molecule has 15 rings (SSSR count). The topological polar surface area (TPSA) is 109 Å². The van der Waals surface area contributed by atoms with Gasteiger partial charge < -0.3 is 9.47 Å². The summed E-state index contributed by atoms with van der Waals surface area (Å²) in [6, 6.07) is 68.4. The summed E-state index contributed by atoms with van der Waals surface area (Å²) >= 11 is 3.71. The second-order valence-electron chi connectivity index (χ2n) is 35.9. The fourth-order valence-electron chi connectivity index (χ4n) is 20.5. The number of carbonyl (C=O) groups excluding carboxylic acids is 2. The van der Waals surface area contributed by atoms with Crippen LogP contribution in [0.5, 0.6) is 0 Å². The first-order chi connectivity index (χ1) is 61.8. The molecule has 0 N–H and O–H groups in total. The van der Waals surface area contributed by atoms with Crippen molar-refractivity contribution in [3.05, 3.63) is 361 Å². The van der Waals surface area contributed by atoms with Gasteiger partial charge in [-0.25, -0.2) is 20.2 Å². The van der Waals surface area contributed by atoms with Gasteiger partial charge in [0, 0.05) is 76.9 Å². The van der Waals surface area contributed by atoms with Crippen LogP contribution in [-0.4, -0.2) is 24.8 Å². The minimum Gasteiger partial charge on any atom is -0.493 e. The lowest BCUT2D eigenvalue weighted by molar-refractivity contribution is 0.103. The van der Waals surface area contributed by atoms with E-state index in [1.54, 1.807) is 12.1 Å². The van der Waals surface area contributed by atoms with Crippen molar-refractivity contribution in [1.29, 1.82) is 10.5 Å². The van der Waals surface area contributed by atoms with E-state index in [1.165, 1.54) is 165 Å². The molecule has 126 heavy (non-hydrogen) atoms. The lowest BCUT2D eigenvalue weighted by atomic mass is 9.65. The summed E-state index contributed by atoms with van der Waals surface area (Å²) in [5.41, 5.74) is 23.0. The van der Waals surface area contributed by atoms with Crippen molar-refractivity contribution in [3.63, 3.8) is 0 Å². The molecule has 0 saturated carbocycles. The van der Waals surface area contributed by atoms with Crippen LogP contribution in [0.25, 0.3) is 52.9 Å². The van der Waals surface area contributed by atoms with E-state index in [2.05, 4.69) is 211 Å². The van der Waals surface area contributed by atoms with Gasteiger partial charge in [-0.05, 0) is 225 Å². The normalized spacial score (nSPS) is 16.8. The molecule has 8 nitrogen and oxygen atoms in total. The molecule has 0 bridgehead atoms.